The van der Waals surface area contributed by atoms with Gasteiger partial charge in [-0.25, -0.2) is 0 Å². The zero-order valence-electron chi connectivity index (χ0n) is 16.0. The molecule has 1 heterocycles. The summed E-state index contributed by atoms with van der Waals surface area (Å²) in [5.41, 5.74) is 2.22. The fourth-order valence-corrected chi connectivity index (χ4v) is 3.83. The Labute approximate surface area is 175 Å². The quantitative estimate of drug-likeness (QED) is 0.349. The Morgan fingerprint density at radius 2 is 1.79 bits per heavy atom. The van der Waals surface area contributed by atoms with Gasteiger partial charge in [0.25, 0.3) is 5.91 Å². The van der Waals surface area contributed by atoms with Crippen LogP contribution >= 0.6 is 24.0 Å². The molecule has 4 nitrogen and oxygen atoms in total. The SMILES string of the molecule is CCc1ccc(OCCCOc2cccc(/C=C3/SC(=S)N(C)C3=O)c2)cc1. The maximum Gasteiger partial charge on any atom is 0.265 e. The monoisotopic (exact) mass is 413 g/mol. The van der Waals surface area contributed by atoms with Crippen LogP contribution in [0.1, 0.15) is 24.5 Å². The van der Waals surface area contributed by atoms with Crippen LogP contribution in [0.2, 0.25) is 0 Å². The van der Waals surface area contributed by atoms with E-state index < -0.39 is 0 Å². The maximum atomic E-state index is 12.1. The van der Waals surface area contributed by atoms with Gasteiger partial charge in [0, 0.05) is 13.5 Å². The van der Waals surface area contributed by atoms with Crippen molar-refractivity contribution in [3.05, 3.63) is 64.6 Å². The molecule has 0 bridgehead atoms. The number of thiocarbonyl (C=S) groups is 1. The van der Waals surface area contributed by atoms with Crippen LogP contribution in [-0.2, 0) is 11.2 Å². The summed E-state index contributed by atoms with van der Waals surface area (Å²) in [6.07, 6.45) is 3.66. The van der Waals surface area contributed by atoms with E-state index in [4.69, 9.17) is 21.7 Å². The molecular weight excluding hydrogens is 390 g/mol. The Morgan fingerprint density at radius 3 is 2.43 bits per heavy atom. The third-order valence-corrected chi connectivity index (χ3v) is 5.78. The molecule has 0 unspecified atom stereocenters. The van der Waals surface area contributed by atoms with Crippen molar-refractivity contribution in [1.29, 1.82) is 0 Å². The molecule has 1 aliphatic rings. The van der Waals surface area contributed by atoms with Crippen LogP contribution in [0.15, 0.2) is 53.4 Å². The number of thioether (sulfide) groups is 1. The Bertz CT molecular complexity index is 878. The summed E-state index contributed by atoms with van der Waals surface area (Å²) in [4.78, 5) is 14.2. The molecule has 3 rings (SSSR count). The maximum absolute atomic E-state index is 12.1. The van der Waals surface area contributed by atoms with Gasteiger partial charge >= 0.3 is 0 Å². The molecule has 0 atom stereocenters. The highest BCUT2D eigenvalue weighted by Crippen LogP contribution is 2.31. The summed E-state index contributed by atoms with van der Waals surface area (Å²) < 4.78 is 12.1. The van der Waals surface area contributed by atoms with E-state index in [2.05, 4.69) is 19.1 Å². The lowest BCUT2D eigenvalue weighted by Crippen LogP contribution is -2.22. The lowest BCUT2D eigenvalue weighted by atomic mass is 10.2. The highest BCUT2D eigenvalue weighted by atomic mass is 32.2. The van der Waals surface area contributed by atoms with E-state index in [-0.39, 0.29) is 5.91 Å². The fraction of sp³-hybridized carbons (Fsp3) is 0.273. The van der Waals surface area contributed by atoms with Crippen molar-refractivity contribution in [3.63, 3.8) is 0 Å². The van der Waals surface area contributed by atoms with E-state index in [1.165, 1.54) is 22.2 Å². The van der Waals surface area contributed by atoms with E-state index in [9.17, 15) is 4.79 Å². The van der Waals surface area contributed by atoms with Crippen LogP contribution in [0.5, 0.6) is 11.5 Å². The molecule has 1 amide bonds. The van der Waals surface area contributed by atoms with Crippen molar-refractivity contribution in [1.82, 2.24) is 4.90 Å². The minimum atomic E-state index is -0.0644. The van der Waals surface area contributed by atoms with Gasteiger partial charge in [0.05, 0.1) is 18.1 Å². The molecule has 2 aromatic carbocycles. The molecule has 0 saturated carbocycles. The lowest BCUT2D eigenvalue weighted by molar-refractivity contribution is -0.121. The summed E-state index contributed by atoms with van der Waals surface area (Å²) in [5.74, 6) is 1.59. The number of likely N-dealkylation sites (N-methyl/N-ethyl adjacent to an activating group) is 1. The van der Waals surface area contributed by atoms with Gasteiger partial charge in [0.15, 0.2) is 0 Å². The number of ether oxygens (including phenoxy) is 2. The van der Waals surface area contributed by atoms with E-state index >= 15 is 0 Å². The zero-order valence-corrected chi connectivity index (χ0v) is 17.6. The molecule has 0 radical (unpaired) electrons. The van der Waals surface area contributed by atoms with Crippen LogP contribution in [-0.4, -0.2) is 35.4 Å². The molecule has 2 aromatic rings. The minimum absolute atomic E-state index is 0.0644. The van der Waals surface area contributed by atoms with Crippen LogP contribution in [0.25, 0.3) is 6.08 Å². The van der Waals surface area contributed by atoms with Crippen molar-refractivity contribution in [2.45, 2.75) is 19.8 Å². The van der Waals surface area contributed by atoms with Crippen molar-refractivity contribution in [2.24, 2.45) is 0 Å². The predicted octanol–water partition coefficient (Wildman–Crippen LogP) is 4.93. The topological polar surface area (TPSA) is 38.8 Å². The number of aryl methyl sites for hydroxylation is 1. The molecule has 1 fully saturated rings. The lowest BCUT2D eigenvalue weighted by Gasteiger charge is -2.09. The van der Waals surface area contributed by atoms with E-state index in [0.717, 1.165) is 29.9 Å². The van der Waals surface area contributed by atoms with Gasteiger partial charge in [0.1, 0.15) is 15.8 Å². The molecule has 28 heavy (non-hydrogen) atoms. The first-order chi connectivity index (χ1) is 13.6. The molecule has 146 valence electrons. The molecule has 0 N–H and O–H groups in total. The second kappa shape index (κ2) is 9.75. The van der Waals surface area contributed by atoms with Gasteiger partial charge < -0.3 is 9.47 Å². The number of carbonyl (C=O) groups excluding carboxylic acids is 1. The molecule has 0 aromatic heterocycles. The first-order valence-electron chi connectivity index (χ1n) is 9.23. The summed E-state index contributed by atoms with van der Waals surface area (Å²) in [6, 6.07) is 15.9. The second-order valence-corrected chi connectivity index (χ2v) is 8.04. The van der Waals surface area contributed by atoms with Gasteiger partial charge in [-0.3, -0.25) is 9.69 Å². The van der Waals surface area contributed by atoms with Crippen LogP contribution in [0.3, 0.4) is 0 Å². The van der Waals surface area contributed by atoms with Gasteiger partial charge in [0.2, 0.25) is 0 Å². The van der Waals surface area contributed by atoms with Crippen molar-refractivity contribution in [2.75, 3.05) is 20.3 Å². The van der Waals surface area contributed by atoms with Crippen molar-refractivity contribution < 1.29 is 14.3 Å². The van der Waals surface area contributed by atoms with Crippen molar-refractivity contribution >= 4 is 40.3 Å². The minimum Gasteiger partial charge on any atom is -0.493 e. The molecular formula is C22H23NO3S2. The van der Waals surface area contributed by atoms with Crippen LogP contribution < -0.4 is 9.47 Å². The molecule has 0 aliphatic carbocycles. The number of nitrogens with zero attached hydrogens (tertiary/aromatic N) is 1. The van der Waals surface area contributed by atoms with Gasteiger partial charge in [-0.15, -0.1) is 0 Å². The number of hydrogen-bond donors (Lipinski definition) is 0. The Morgan fingerprint density at radius 1 is 1.07 bits per heavy atom. The standard InChI is InChI=1S/C22H23NO3S2/c1-3-16-8-10-18(11-9-16)25-12-5-13-26-19-7-4-6-17(14-19)15-20-21(24)23(2)22(27)28-20/h4,6-11,14-15H,3,5,12-13H2,1-2H3/b20-15+. The Kier molecular flexibility index (Phi) is 7.12. The molecule has 1 saturated heterocycles. The average Bonchev–Trinajstić information content (AvgIpc) is 2.95. The highest BCUT2D eigenvalue weighted by molar-refractivity contribution is 8.26. The normalized spacial score (nSPS) is 15.4. The molecule has 6 heteroatoms. The summed E-state index contributed by atoms with van der Waals surface area (Å²) in [7, 11) is 1.69. The zero-order chi connectivity index (χ0) is 19.9. The van der Waals surface area contributed by atoms with E-state index in [1.807, 2.05) is 42.5 Å². The average molecular weight is 414 g/mol. The molecule has 0 spiro atoms. The largest absolute Gasteiger partial charge is 0.493 e. The van der Waals surface area contributed by atoms with Gasteiger partial charge in [-0.1, -0.05) is 55.2 Å². The molecule has 1 aliphatic heterocycles. The number of amides is 1. The first kappa shape index (κ1) is 20.4. The Hall–Kier alpha value is -2.31. The number of rotatable bonds is 8. The van der Waals surface area contributed by atoms with Crippen molar-refractivity contribution in [3.8, 4) is 11.5 Å². The van der Waals surface area contributed by atoms with Crippen LogP contribution in [0.4, 0.5) is 0 Å². The summed E-state index contributed by atoms with van der Waals surface area (Å²) in [6.45, 7) is 3.30. The predicted molar refractivity (Wildman–Crippen MR) is 119 cm³/mol. The van der Waals surface area contributed by atoms with E-state index in [1.54, 1.807) is 7.05 Å². The smallest absolute Gasteiger partial charge is 0.265 e. The Balaban J connectivity index is 1.47. The summed E-state index contributed by atoms with van der Waals surface area (Å²) in [5, 5.41) is 0. The fourth-order valence-electron chi connectivity index (χ4n) is 2.65. The van der Waals surface area contributed by atoms with E-state index in [0.29, 0.717) is 22.4 Å². The van der Waals surface area contributed by atoms with Gasteiger partial charge in [-0.2, -0.15) is 0 Å². The number of hydrogen-bond acceptors (Lipinski definition) is 5. The third-order valence-electron chi connectivity index (χ3n) is 4.30. The summed E-state index contributed by atoms with van der Waals surface area (Å²) >= 11 is 6.48. The van der Waals surface area contributed by atoms with Gasteiger partial charge in [-0.05, 0) is 47.9 Å². The second-order valence-electron chi connectivity index (χ2n) is 6.36. The third kappa shape index (κ3) is 5.36. The number of carbonyl (C=O) groups is 1. The highest BCUT2D eigenvalue weighted by Gasteiger charge is 2.28. The number of benzene rings is 2. The van der Waals surface area contributed by atoms with Crippen LogP contribution in [0, 0.1) is 0 Å². The first-order valence-corrected chi connectivity index (χ1v) is 10.5.